The van der Waals surface area contributed by atoms with Crippen LogP contribution in [-0.4, -0.2) is 51.6 Å². The first kappa shape index (κ1) is 16.1. The quantitative estimate of drug-likeness (QED) is 0.804. The van der Waals surface area contributed by atoms with Gasteiger partial charge in [-0.15, -0.1) is 5.10 Å². The molecule has 6 nitrogen and oxygen atoms in total. The first-order chi connectivity index (χ1) is 11.8. The predicted molar refractivity (Wildman–Crippen MR) is 89.7 cm³/mol. The first-order valence-corrected chi connectivity index (χ1v) is 9.62. The summed E-state index contributed by atoms with van der Waals surface area (Å²) in [5.74, 6) is 0.697. The van der Waals surface area contributed by atoms with E-state index in [1.165, 1.54) is 32.1 Å². The van der Waals surface area contributed by atoms with E-state index in [-0.39, 0.29) is 12.0 Å². The summed E-state index contributed by atoms with van der Waals surface area (Å²) < 4.78 is 7.66. The number of ether oxygens (including phenoxy) is 1. The zero-order valence-corrected chi connectivity index (χ0v) is 14.4. The summed E-state index contributed by atoms with van der Waals surface area (Å²) in [6, 6.07) is 0.419. The topological polar surface area (TPSA) is 60.2 Å². The fraction of sp³-hybridized carbons (Fsp3) is 0.833. The van der Waals surface area contributed by atoms with Crippen molar-refractivity contribution in [2.45, 2.75) is 69.9 Å². The molecule has 0 bridgehead atoms. The molecule has 0 radical (unpaired) electrons. The number of carbonyl (C=O) groups excluding carboxylic acids is 1. The first-order valence-electron chi connectivity index (χ1n) is 9.62. The van der Waals surface area contributed by atoms with Crippen molar-refractivity contribution in [3.05, 3.63) is 11.9 Å². The van der Waals surface area contributed by atoms with Crippen LogP contribution in [-0.2, 0) is 4.74 Å². The van der Waals surface area contributed by atoms with E-state index in [1.54, 1.807) is 0 Å². The lowest BCUT2D eigenvalue weighted by Crippen LogP contribution is -2.39. The van der Waals surface area contributed by atoms with Gasteiger partial charge in [0.15, 0.2) is 5.69 Å². The van der Waals surface area contributed by atoms with E-state index in [0.717, 1.165) is 38.8 Å². The third-order valence-corrected chi connectivity index (χ3v) is 5.59. The number of hydrogen-bond donors (Lipinski definition) is 0. The maximum absolute atomic E-state index is 12.9. The van der Waals surface area contributed by atoms with Crippen molar-refractivity contribution < 1.29 is 9.53 Å². The Morgan fingerprint density at radius 2 is 1.96 bits per heavy atom. The molecule has 4 rings (SSSR count). The highest BCUT2D eigenvalue weighted by atomic mass is 16.5. The van der Waals surface area contributed by atoms with Crippen LogP contribution in [0.3, 0.4) is 0 Å². The molecule has 3 fully saturated rings. The van der Waals surface area contributed by atoms with E-state index in [1.807, 2.05) is 15.8 Å². The Morgan fingerprint density at radius 1 is 1.12 bits per heavy atom. The highest BCUT2D eigenvalue weighted by Gasteiger charge is 2.31. The Labute approximate surface area is 143 Å². The normalized spacial score (nSPS) is 25.1. The van der Waals surface area contributed by atoms with E-state index >= 15 is 0 Å². The van der Waals surface area contributed by atoms with Crippen LogP contribution >= 0.6 is 0 Å². The molecule has 2 heterocycles. The van der Waals surface area contributed by atoms with Crippen molar-refractivity contribution >= 4 is 5.91 Å². The van der Waals surface area contributed by atoms with Crippen LogP contribution in [0.25, 0.3) is 0 Å². The molecule has 0 aromatic carbocycles. The van der Waals surface area contributed by atoms with Gasteiger partial charge in [-0.25, -0.2) is 4.68 Å². The molecule has 3 aliphatic rings. The molecular weight excluding hydrogens is 304 g/mol. The van der Waals surface area contributed by atoms with Crippen LogP contribution in [0.2, 0.25) is 0 Å². The second-order valence-corrected chi connectivity index (χ2v) is 7.66. The van der Waals surface area contributed by atoms with E-state index in [2.05, 4.69) is 10.3 Å². The second-order valence-electron chi connectivity index (χ2n) is 7.66. The van der Waals surface area contributed by atoms with Gasteiger partial charge in [0.2, 0.25) is 0 Å². The zero-order valence-electron chi connectivity index (χ0n) is 14.4. The van der Waals surface area contributed by atoms with Crippen LogP contribution in [0.1, 0.15) is 74.3 Å². The zero-order chi connectivity index (χ0) is 16.4. The maximum Gasteiger partial charge on any atom is 0.276 e. The van der Waals surface area contributed by atoms with E-state index in [4.69, 9.17) is 4.74 Å². The van der Waals surface area contributed by atoms with Gasteiger partial charge in [0.05, 0.1) is 18.3 Å². The van der Waals surface area contributed by atoms with Crippen LogP contribution in [0, 0.1) is 5.92 Å². The monoisotopic (exact) mass is 332 g/mol. The van der Waals surface area contributed by atoms with Crippen molar-refractivity contribution in [1.82, 2.24) is 19.9 Å². The Morgan fingerprint density at radius 3 is 2.67 bits per heavy atom. The molecule has 6 heteroatoms. The number of amides is 1. The number of nitrogens with zero attached hydrogens (tertiary/aromatic N) is 4. The van der Waals surface area contributed by atoms with E-state index < -0.39 is 0 Å². The summed E-state index contributed by atoms with van der Waals surface area (Å²) in [6.07, 6.45) is 12.8. The van der Waals surface area contributed by atoms with Gasteiger partial charge in [0.25, 0.3) is 5.91 Å². The van der Waals surface area contributed by atoms with Crippen molar-refractivity contribution in [1.29, 1.82) is 0 Å². The molecule has 2 saturated carbocycles. The lowest BCUT2D eigenvalue weighted by Gasteiger charge is -2.24. The lowest BCUT2D eigenvalue weighted by molar-refractivity contribution is 0.0510. The largest absolute Gasteiger partial charge is 0.376 e. The van der Waals surface area contributed by atoms with Gasteiger partial charge in [-0.3, -0.25) is 4.79 Å². The number of rotatable bonds is 6. The number of carbonyl (C=O) groups is 1. The molecule has 1 saturated heterocycles. The molecule has 132 valence electrons. The van der Waals surface area contributed by atoms with Crippen LogP contribution in [0.5, 0.6) is 0 Å². The highest BCUT2D eigenvalue weighted by molar-refractivity contribution is 5.92. The highest BCUT2D eigenvalue weighted by Crippen LogP contribution is 2.31. The molecule has 1 aromatic heterocycles. The summed E-state index contributed by atoms with van der Waals surface area (Å²) in [5, 5.41) is 8.45. The van der Waals surface area contributed by atoms with Gasteiger partial charge in [-0.2, -0.15) is 0 Å². The molecular formula is C18H28N4O2. The van der Waals surface area contributed by atoms with Gasteiger partial charge < -0.3 is 9.64 Å². The minimum Gasteiger partial charge on any atom is -0.376 e. The van der Waals surface area contributed by atoms with Gasteiger partial charge in [0, 0.05) is 19.7 Å². The molecule has 1 amide bonds. The minimum atomic E-state index is 0.0273. The summed E-state index contributed by atoms with van der Waals surface area (Å²) in [6.45, 7) is 2.37. The standard InChI is InChI=1S/C18H28N4O2/c23-18(17-13-22(20-19-17)15-5-2-1-3-6-15)21(11-14-8-9-14)12-16-7-4-10-24-16/h13-16H,1-12H2/t16-/m1/s1. The van der Waals surface area contributed by atoms with Crippen molar-refractivity contribution in [3.63, 3.8) is 0 Å². The number of hydrogen-bond acceptors (Lipinski definition) is 4. The van der Waals surface area contributed by atoms with Crippen LogP contribution in [0.4, 0.5) is 0 Å². The average Bonchev–Trinajstić information content (AvgIpc) is 3.09. The molecule has 0 unspecified atom stereocenters. The molecule has 1 aliphatic heterocycles. The fourth-order valence-electron chi connectivity index (χ4n) is 3.95. The Bertz CT molecular complexity index is 557. The van der Waals surface area contributed by atoms with Crippen molar-refractivity contribution in [2.24, 2.45) is 5.92 Å². The fourth-order valence-corrected chi connectivity index (χ4v) is 3.95. The lowest BCUT2D eigenvalue weighted by atomic mass is 9.96. The molecule has 2 aliphatic carbocycles. The Kier molecular flexibility index (Phi) is 4.83. The summed E-state index contributed by atoms with van der Waals surface area (Å²) in [7, 11) is 0. The third-order valence-electron chi connectivity index (χ3n) is 5.59. The summed E-state index contributed by atoms with van der Waals surface area (Å²) in [5.41, 5.74) is 0.499. The van der Waals surface area contributed by atoms with Crippen LogP contribution < -0.4 is 0 Å². The molecule has 1 atom stereocenters. The van der Waals surface area contributed by atoms with E-state index in [0.29, 0.717) is 24.2 Å². The van der Waals surface area contributed by atoms with Crippen molar-refractivity contribution in [2.75, 3.05) is 19.7 Å². The van der Waals surface area contributed by atoms with Gasteiger partial charge in [-0.05, 0) is 44.4 Å². The second kappa shape index (κ2) is 7.21. The maximum atomic E-state index is 12.9. The molecule has 0 N–H and O–H groups in total. The van der Waals surface area contributed by atoms with Crippen molar-refractivity contribution in [3.8, 4) is 0 Å². The van der Waals surface area contributed by atoms with Crippen LogP contribution in [0.15, 0.2) is 6.20 Å². The number of aromatic nitrogens is 3. The molecule has 24 heavy (non-hydrogen) atoms. The average molecular weight is 332 g/mol. The van der Waals surface area contributed by atoms with E-state index in [9.17, 15) is 4.79 Å². The van der Waals surface area contributed by atoms with Gasteiger partial charge in [0.1, 0.15) is 0 Å². The Hall–Kier alpha value is -1.43. The molecule has 1 aromatic rings. The molecule has 0 spiro atoms. The van der Waals surface area contributed by atoms with Gasteiger partial charge in [-0.1, -0.05) is 24.5 Å². The third kappa shape index (κ3) is 3.79. The van der Waals surface area contributed by atoms with Gasteiger partial charge >= 0.3 is 0 Å². The SMILES string of the molecule is O=C(c1cn(C2CCCCC2)nn1)N(CC1CC1)C[C@H]1CCCO1. The predicted octanol–water partition coefficient (Wildman–Crippen LogP) is 2.81. The Balaban J connectivity index is 1.43. The summed E-state index contributed by atoms with van der Waals surface area (Å²) >= 11 is 0. The minimum absolute atomic E-state index is 0.0273. The smallest absolute Gasteiger partial charge is 0.276 e. The summed E-state index contributed by atoms with van der Waals surface area (Å²) in [4.78, 5) is 14.9.